The number of halogens is 1. The Morgan fingerprint density at radius 2 is 1.71 bits per heavy atom. The predicted molar refractivity (Wildman–Crippen MR) is 127 cm³/mol. The summed E-state index contributed by atoms with van der Waals surface area (Å²) in [5, 5.41) is 13.5. The highest BCUT2D eigenvalue weighted by atomic mass is 35.5. The first-order valence-electron chi connectivity index (χ1n) is 10.2. The Kier molecular flexibility index (Phi) is 7.85. The standard InChI is InChI=1S/C24H25ClN2O3S/c1-3-4-10-15-26(2)27(23(28)18-13-8-9-14-19(18)25)20-16-21(31-22(20)24(29)30)17-11-6-5-7-12-17/h5-9,11-14,16H,3-4,10,15H2,1-2H3,(H,29,30). The largest absolute Gasteiger partial charge is 0.477 e. The molecule has 1 heterocycles. The molecule has 2 aromatic carbocycles. The fourth-order valence-electron chi connectivity index (χ4n) is 3.32. The lowest BCUT2D eigenvalue weighted by Crippen LogP contribution is -2.45. The van der Waals surface area contributed by atoms with Gasteiger partial charge in [0.2, 0.25) is 0 Å². The first-order chi connectivity index (χ1) is 14.9. The molecule has 0 aliphatic rings. The van der Waals surface area contributed by atoms with Crippen LogP contribution in [0.25, 0.3) is 10.4 Å². The molecule has 7 heteroatoms. The number of benzene rings is 2. The molecule has 0 bridgehead atoms. The number of hydrogen-bond donors (Lipinski definition) is 1. The van der Waals surface area contributed by atoms with Gasteiger partial charge in [-0.3, -0.25) is 4.79 Å². The normalized spacial score (nSPS) is 11.0. The van der Waals surface area contributed by atoms with Crippen molar-refractivity contribution >= 4 is 40.5 Å². The Bertz CT molecular complexity index is 1050. The molecule has 0 radical (unpaired) electrons. The third-order valence-electron chi connectivity index (χ3n) is 4.92. The molecule has 1 aromatic heterocycles. The predicted octanol–water partition coefficient (Wildman–Crippen LogP) is 6.45. The number of amides is 1. The number of carboxylic acid groups (broad SMARTS) is 1. The molecule has 5 nitrogen and oxygen atoms in total. The van der Waals surface area contributed by atoms with Crippen LogP contribution in [0.1, 0.15) is 46.2 Å². The molecule has 0 fully saturated rings. The molecule has 31 heavy (non-hydrogen) atoms. The van der Waals surface area contributed by atoms with Gasteiger partial charge in [-0.25, -0.2) is 14.8 Å². The van der Waals surface area contributed by atoms with E-state index in [9.17, 15) is 14.7 Å². The van der Waals surface area contributed by atoms with Gasteiger partial charge in [0.05, 0.1) is 16.3 Å². The molecular formula is C24H25ClN2O3S. The summed E-state index contributed by atoms with van der Waals surface area (Å²) in [6, 6.07) is 18.1. The number of carboxylic acids is 1. The Morgan fingerprint density at radius 3 is 2.35 bits per heavy atom. The number of aromatic carboxylic acids is 1. The van der Waals surface area contributed by atoms with Crippen molar-refractivity contribution in [2.75, 3.05) is 18.6 Å². The summed E-state index contributed by atoms with van der Waals surface area (Å²) in [5.41, 5.74) is 1.58. The first kappa shape index (κ1) is 23.0. The minimum Gasteiger partial charge on any atom is -0.477 e. The average Bonchev–Trinajstić information content (AvgIpc) is 3.20. The molecule has 1 amide bonds. The fraction of sp³-hybridized carbons (Fsp3) is 0.250. The average molecular weight is 457 g/mol. The van der Waals surface area contributed by atoms with Gasteiger partial charge in [0, 0.05) is 18.5 Å². The SMILES string of the molecule is CCCCCN(C)N(C(=O)c1ccccc1Cl)c1cc(-c2ccccc2)sc1C(=O)O. The molecule has 0 unspecified atom stereocenters. The zero-order valence-corrected chi connectivity index (χ0v) is 19.1. The van der Waals surface area contributed by atoms with Crippen LogP contribution in [0.4, 0.5) is 5.69 Å². The number of thiophene rings is 1. The van der Waals surface area contributed by atoms with Crippen LogP contribution in [0.3, 0.4) is 0 Å². The molecule has 0 saturated heterocycles. The van der Waals surface area contributed by atoms with Crippen LogP contribution >= 0.6 is 22.9 Å². The number of nitrogens with zero attached hydrogens (tertiary/aromatic N) is 2. The summed E-state index contributed by atoms with van der Waals surface area (Å²) in [6.45, 7) is 2.72. The minimum absolute atomic E-state index is 0.113. The van der Waals surface area contributed by atoms with E-state index in [-0.39, 0.29) is 10.8 Å². The quantitative estimate of drug-likeness (QED) is 0.297. The van der Waals surface area contributed by atoms with Crippen LogP contribution in [0, 0.1) is 0 Å². The zero-order chi connectivity index (χ0) is 22.4. The maximum absolute atomic E-state index is 13.6. The number of carbonyl (C=O) groups is 2. The first-order valence-corrected chi connectivity index (χ1v) is 11.4. The Balaban J connectivity index is 2.10. The lowest BCUT2D eigenvalue weighted by atomic mass is 10.1. The summed E-state index contributed by atoms with van der Waals surface area (Å²) in [7, 11) is 1.80. The van der Waals surface area contributed by atoms with Gasteiger partial charge < -0.3 is 5.11 Å². The van der Waals surface area contributed by atoms with E-state index in [2.05, 4.69) is 6.92 Å². The van der Waals surface area contributed by atoms with Crippen molar-refractivity contribution in [3.8, 4) is 10.4 Å². The van der Waals surface area contributed by atoms with Crippen LogP contribution in [0.5, 0.6) is 0 Å². The lowest BCUT2D eigenvalue weighted by molar-refractivity contribution is 0.0702. The molecule has 0 aliphatic heterocycles. The highest BCUT2D eigenvalue weighted by molar-refractivity contribution is 7.18. The number of carbonyl (C=O) groups excluding carboxylic acids is 1. The van der Waals surface area contributed by atoms with Crippen molar-refractivity contribution in [3.63, 3.8) is 0 Å². The highest BCUT2D eigenvalue weighted by Gasteiger charge is 2.30. The summed E-state index contributed by atoms with van der Waals surface area (Å²) in [4.78, 5) is 26.6. The van der Waals surface area contributed by atoms with Crippen molar-refractivity contribution in [2.24, 2.45) is 0 Å². The molecule has 0 spiro atoms. The second-order valence-electron chi connectivity index (χ2n) is 7.18. The molecule has 3 aromatic rings. The van der Waals surface area contributed by atoms with E-state index in [1.54, 1.807) is 42.4 Å². The van der Waals surface area contributed by atoms with Crippen molar-refractivity contribution < 1.29 is 14.7 Å². The number of hydrogen-bond acceptors (Lipinski definition) is 4. The van der Waals surface area contributed by atoms with Crippen LogP contribution in [0.2, 0.25) is 5.02 Å². The molecule has 0 atom stereocenters. The number of rotatable bonds is 9. The van der Waals surface area contributed by atoms with E-state index in [0.29, 0.717) is 22.8 Å². The summed E-state index contributed by atoms with van der Waals surface area (Å²) >= 11 is 7.46. The van der Waals surface area contributed by atoms with Crippen molar-refractivity contribution in [2.45, 2.75) is 26.2 Å². The van der Waals surface area contributed by atoms with Gasteiger partial charge in [0.1, 0.15) is 4.88 Å². The van der Waals surface area contributed by atoms with Gasteiger partial charge >= 0.3 is 5.97 Å². The van der Waals surface area contributed by atoms with E-state index in [1.807, 2.05) is 30.3 Å². The fourth-order valence-corrected chi connectivity index (χ4v) is 4.52. The van der Waals surface area contributed by atoms with Gasteiger partial charge in [0.15, 0.2) is 0 Å². The van der Waals surface area contributed by atoms with E-state index < -0.39 is 5.97 Å². The Morgan fingerprint density at radius 1 is 1.03 bits per heavy atom. The van der Waals surface area contributed by atoms with Crippen LogP contribution in [0.15, 0.2) is 60.7 Å². The van der Waals surface area contributed by atoms with Crippen molar-refractivity contribution in [1.29, 1.82) is 0 Å². The minimum atomic E-state index is -1.07. The monoisotopic (exact) mass is 456 g/mol. The van der Waals surface area contributed by atoms with E-state index >= 15 is 0 Å². The van der Waals surface area contributed by atoms with Crippen molar-refractivity contribution in [3.05, 3.63) is 76.1 Å². The van der Waals surface area contributed by atoms with E-state index in [4.69, 9.17) is 11.6 Å². The van der Waals surface area contributed by atoms with Gasteiger partial charge in [-0.2, -0.15) is 0 Å². The van der Waals surface area contributed by atoms with Crippen LogP contribution in [-0.2, 0) is 0 Å². The highest BCUT2D eigenvalue weighted by Crippen LogP contribution is 2.38. The molecular weight excluding hydrogens is 432 g/mol. The Hall–Kier alpha value is -2.67. The van der Waals surface area contributed by atoms with Gasteiger partial charge in [0.25, 0.3) is 5.91 Å². The van der Waals surface area contributed by atoms with E-state index in [1.165, 1.54) is 5.01 Å². The molecule has 0 saturated carbocycles. The lowest BCUT2D eigenvalue weighted by Gasteiger charge is -2.32. The molecule has 162 valence electrons. The third-order valence-corrected chi connectivity index (χ3v) is 6.41. The molecule has 3 rings (SSSR count). The van der Waals surface area contributed by atoms with Crippen LogP contribution < -0.4 is 5.01 Å². The topological polar surface area (TPSA) is 60.9 Å². The molecule has 0 aliphatic carbocycles. The third kappa shape index (κ3) is 5.34. The summed E-state index contributed by atoms with van der Waals surface area (Å²) in [6.07, 6.45) is 2.95. The Labute approximate surface area is 191 Å². The maximum Gasteiger partial charge on any atom is 0.348 e. The van der Waals surface area contributed by atoms with Crippen molar-refractivity contribution in [1.82, 2.24) is 5.01 Å². The van der Waals surface area contributed by atoms with Crippen LogP contribution in [-0.4, -0.2) is 35.6 Å². The van der Waals surface area contributed by atoms with Gasteiger partial charge in [-0.15, -0.1) is 11.3 Å². The zero-order valence-electron chi connectivity index (χ0n) is 17.5. The maximum atomic E-state index is 13.6. The second kappa shape index (κ2) is 10.6. The molecule has 1 N–H and O–H groups in total. The van der Waals surface area contributed by atoms with E-state index in [0.717, 1.165) is 41.0 Å². The number of anilines is 1. The second-order valence-corrected chi connectivity index (χ2v) is 8.64. The smallest absolute Gasteiger partial charge is 0.348 e. The summed E-state index contributed by atoms with van der Waals surface area (Å²) < 4.78 is 0. The van der Waals surface area contributed by atoms with Gasteiger partial charge in [-0.1, -0.05) is 73.8 Å². The number of hydrazine groups is 1. The number of unbranched alkanes of at least 4 members (excludes halogenated alkanes) is 2. The summed E-state index contributed by atoms with van der Waals surface area (Å²) in [5.74, 6) is -1.43. The van der Waals surface area contributed by atoms with Gasteiger partial charge in [-0.05, 0) is 30.2 Å².